The van der Waals surface area contributed by atoms with Gasteiger partial charge in [0.1, 0.15) is 0 Å². The molecule has 0 aliphatic carbocycles. The summed E-state index contributed by atoms with van der Waals surface area (Å²) in [6.45, 7) is -0.112. The molecule has 0 bridgehead atoms. The average Bonchev–Trinajstić information content (AvgIpc) is 2.84. The first-order valence-corrected chi connectivity index (χ1v) is 7.70. The quantitative estimate of drug-likeness (QED) is 0.849. The van der Waals surface area contributed by atoms with E-state index in [-0.39, 0.29) is 18.7 Å². The molecule has 8 heteroatoms. The van der Waals surface area contributed by atoms with E-state index in [9.17, 15) is 27.6 Å². The summed E-state index contributed by atoms with van der Waals surface area (Å²) in [6, 6.07) is 10.4. The number of hydrogen-bond acceptors (Lipinski definition) is 3. The minimum atomic E-state index is -4.45. The molecule has 5 nitrogen and oxygen atoms in total. The average molecular weight is 362 g/mol. The van der Waals surface area contributed by atoms with Gasteiger partial charge in [0.05, 0.1) is 16.7 Å². The zero-order valence-electron chi connectivity index (χ0n) is 13.3. The number of carbonyl (C=O) groups is 3. The van der Waals surface area contributed by atoms with E-state index in [2.05, 4.69) is 5.32 Å². The van der Waals surface area contributed by atoms with Crippen LogP contribution >= 0.6 is 0 Å². The molecule has 134 valence electrons. The van der Waals surface area contributed by atoms with Crippen molar-refractivity contribution in [1.82, 2.24) is 4.90 Å². The molecule has 0 aromatic heterocycles. The second-order valence-corrected chi connectivity index (χ2v) is 5.68. The van der Waals surface area contributed by atoms with Crippen molar-refractivity contribution < 1.29 is 27.6 Å². The van der Waals surface area contributed by atoms with Crippen LogP contribution in [-0.2, 0) is 11.0 Å². The number of imide groups is 1. The molecule has 1 heterocycles. The van der Waals surface area contributed by atoms with E-state index in [1.165, 1.54) is 12.1 Å². The summed E-state index contributed by atoms with van der Waals surface area (Å²) in [5.74, 6) is -1.44. The highest BCUT2D eigenvalue weighted by atomic mass is 19.4. The lowest BCUT2D eigenvalue weighted by molar-refractivity contribution is -0.137. The monoisotopic (exact) mass is 362 g/mol. The maximum atomic E-state index is 12.5. The Morgan fingerprint density at radius 3 is 1.96 bits per heavy atom. The Morgan fingerprint density at radius 2 is 1.46 bits per heavy atom. The number of amides is 3. The summed E-state index contributed by atoms with van der Waals surface area (Å²) >= 11 is 0. The van der Waals surface area contributed by atoms with Gasteiger partial charge in [-0.15, -0.1) is 0 Å². The minimum Gasteiger partial charge on any atom is -0.326 e. The van der Waals surface area contributed by atoms with Crippen LogP contribution < -0.4 is 5.32 Å². The van der Waals surface area contributed by atoms with Gasteiger partial charge in [-0.1, -0.05) is 12.1 Å². The molecule has 0 atom stereocenters. The molecule has 2 aromatic carbocycles. The van der Waals surface area contributed by atoms with Crippen LogP contribution in [0.25, 0.3) is 0 Å². The third-order valence-corrected chi connectivity index (χ3v) is 3.94. The Balaban J connectivity index is 1.58. The smallest absolute Gasteiger partial charge is 0.326 e. The number of benzene rings is 2. The second-order valence-electron chi connectivity index (χ2n) is 5.68. The van der Waals surface area contributed by atoms with Gasteiger partial charge in [-0.05, 0) is 36.4 Å². The SMILES string of the molecule is O=C(CCN1C(=O)c2ccccc2C1=O)Nc1ccc(C(F)(F)F)cc1. The molecule has 0 unspecified atom stereocenters. The molecule has 1 aliphatic rings. The molecule has 0 spiro atoms. The zero-order chi connectivity index (χ0) is 18.9. The van der Waals surface area contributed by atoms with Gasteiger partial charge < -0.3 is 5.32 Å². The number of fused-ring (bicyclic) bond motifs is 1. The van der Waals surface area contributed by atoms with Crippen molar-refractivity contribution in [3.05, 3.63) is 65.2 Å². The third kappa shape index (κ3) is 3.44. The molecule has 1 aliphatic heterocycles. The topological polar surface area (TPSA) is 66.5 Å². The van der Waals surface area contributed by atoms with Gasteiger partial charge in [0.2, 0.25) is 5.91 Å². The first-order chi connectivity index (χ1) is 12.3. The number of anilines is 1. The van der Waals surface area contributed by atoms with Crippen LogP contribution in [0.2, 0.25) is 0 Å². The molecule has 0 radical (unpaired) electrons. The molecule has 3 amide bonds. The van der Waals surface area contributed by atoms with Crippen molar-refractivity contribution in [2.45, 2.75) is 12.6 Å². The second kappa shape index (κ2) is 6.62. The van der Waals surface area contributed by atoms with Crippen LogP contribution in [0.5, 0.6) is 0 Å². The lowest BCUT2D eigenvalue weighted by Crippen LogP contribution is -2.32. The van der Waals surface area contributed by atoms with Gasteiger partial charge in [0.25, 0.3) is 11.8 Å². The van der Waals surface area contributed by atoms with E-state index < -0.39 is 29.5 Å². The predicted octanol–water partition coefficient (Wildman–Crippen LogP) is 3.33. The van der Waals surface area contributed by atoms with Gasteiger partial charge in [-0.2, -0.15) is 13.2 Å². The number of nitrogens with zero attached hydrogens (tertiary/aromatic N) is 1. The van der Waals surface area contributed by atoms with Crippen LogP contribution in [0.3, 0.4) is 0 Å². The standard InChI is InChI=1S/C18H13F3N2O3/c19-18(20,21)11-5-7-12(8-6-11)22-15(24)9-10-23-16(25)13-3-1-2-4-14(13)17(23)26/h1-8H,9-10H2,(H,22,24). The number of halogens is 3. The maximum absolute atomic E-state index is 12.5. The summed E-state index contributed by atoms with van der Waals surface area (Å²) < 4.78 is 37.5. The molecule has 0 saturated heterocycles. The van der Waals surface area contributed by atoms with Gasteiger partial charge >= 0.3 is 6.18 Å². The Hall–Kier alpha value is -3.16. The Labute approximate surface area is 146 Å². The normalized spacial score (nSPS) is 13.7. The number of nitrogens with one attached hydrogen (secondary N) is 1. The zero-order valence-corrected chi connectivity index (χ0v) is 13.3. The van der Waals surface area contributed by atoms with Crippen LogP contribution in [0.1, 0.15) is 32.7 Å². The molecule has 26 heavy (non-hydrogen) atoms. The van der Waals surface area contributed by atoms with Crippen LogP contribution in [0.4, 0.5) is 18.9 Å². The predicted molar refractivity (Wildman–Crippen MR) is 86.5 cm³/mol. The summed E-state index contributed by atoms with van der Waals surface area (Å²) in [4.78, 5) is 37.3. The Kier molecular flexibility index (Phi) is 4.50. The largest absolute Gasteiger partial charge is 0.416 e. The molecule has 0 fully saturated rings. The van der Waals surface area contributed by atoms with Crippen molar-refractivity contribution in [2.75, 3.05) is 11.9 Å². The molecular weight excluding hydrogens is 349 g/mol. The molecule has 3 rings (SSSR count). The van der Waals surface area contributed by atoms with Gasteiger partial charge in [0, 0.05) is 18.7 Å². The fourth-order valence-electron chi connectivity index (χ4n) is 2.62. The summed E-state index contributed by atoms with van der Waals surface area (Å²) in [6.07, 6.45) is -4.61. The van der Waals surface area contributed by atoms with Crippen LogP contribution in [0, 0.1) is 0 Å². The van der Waals surface area contributed by atoms with Gasteiger partial charge in [-0.3, -0.25) is 19.3 Å². The lowest BCUT2D eigenvalue weighted by atomic mass is 10.1. The summed E-state index contributed by atoms with van der Waals surface area (Å²) in [5.41, 5.74) is -0.0341. The first kappa shape index (κ1) is 17.7. The van der Waals surface area contributed by atoms with Gasteiger partial charge in [-0.25, -0.2) is 0 Å². The number of alkyl halides is 3. The minimum absolute atomic E-state index is 0.112. The van der Waals surface area contributed by atoms with Crippen LogP contribution in [0.15, 0.2) is 48.5 Å². The maximum Gasteiger partial charge on any atom is 0.416 e. The van der Waals surface area contributed by atoms with E-state index in [1.807, 2.05) is 0 Å². The van der Waals surface area contributed by atoms with Gasteiger partial charge in [0.15, 0.2) is 0 Å². The highest BCUT2D eigenvalue weighted by Gasteiger charge is 2.35. The third-order valence-electron chi connectivity index (χ3n) is 3.94. The van der Waals surface area contributed by atoms with E-state index in [0.717, 1.165) is 29.2 Å². The summed E-state index contributed by atoms with van der Waals surface area (Å²) in [7, 11) is 0. The van der Waals surface area contributed by atoms with Crippen molar-refractivity contribution in [1.29, 1.82) is 0 Å². The van der Waals surface area contributed by atoms with Crippen molar-refractivity contribution >= 4 is 23.4 Å². The fraction of sp³-hybridized carbons (Fsp3) is 0.167. The van der Waals surface area contributed by atoms with Crippen molar-refractivity contribution in [3.63, 3.8) is 0 Å². The Bertz CT molecular complexity index is 841. The lowest BCUT2D eigenvalue weighted by Gasteiger charge is -2.13. The molecule has 1 N–H and O–H groups in total. The highest BCUT2D eigenvalue weighted by molar-refractivity contribution is 6.21. The number of rotatable bonds is 4. The van der Waals surface area contributed by atoms with Crippen molar-refractivity contribution in [2.24, 2.45) is 0 Å². The van der Waals surface area contributed by atoms with Crippen LogP contribution in [-0.4, -0.2) is 29.2 Å². The number of hydrogen-bond donors (Lipinski definition) is 1. The fourth-order valence-corrected chi connectivity index (χ4v) is 2.62. The van der Waals surface area contributed by atoms with Crippen molar-refractivity contribution in [3.8, 4) is 0 Å². The first-order valence-electron chi connectivity index (χ1n) is 7.70. The highest BCUT2D eigenvalue weighted by Crippen LogP contribution is 2.29. The molecular formula is C18H13F3N2O3. The van der Waals surface area contributed by atoms with E-state index in [0.29, 0.717) is 11.1 Å². The summed E-state index contributed by atoms with van der Waals surface area (Å²) in [5, 5.41) is 2.44. The van der Waals surface area contributed by atoms with E-state index >= 15 is 0 Å². The van der Waals surface area contributed by atoms with E-state index in [4.69, 9.17) is 0 Å². The number of carbonyl (C=O) groups excluding carboxylic acids is 3. The molecule has 0 saturated carbocycles. The molecule has 2 aromatic rings. The van der Waals surface area contributed by atoms with E-state index in [1.54, 1.807) is 12.1 Å². The Morgan fingerprint density at radius 1 is 0.923 bits per heavy atom.